The highest BCUT2D eigenvalue weighted by Gasteiger charge is 2.29. The third-order valence-corrected chi connectivity index (χ3v) is 4.00. The molecule has 1 aliphatic rings. The molecular weight excluding hydrogens is 292 g/mol. The fraction of sp³-hybridized carbons (Fsp3) is 0.333. The van der Waals surface area contributed by atoms with Crippen molar-refractivity contribution >= 4 is 17.5 Å². The number of carbonyl (C=O) groups excluding carboxylic acids is 1. The number of rotatable bonds is 3. The van der Waals surface area contributed by atoms with Crippen molar-refractivity contribution < 1.29 is 14.4 Å². The second-order valence-corrected chi connectivity index (χ2v) is 5.61. The minimum Gasteiger partial charge on any atom is -0.396 e. The Bertz CT molecular complexity index is 639. The van der Waals surface area contributed by atoms with Gasteiger partial charge in [-0.25, -0.2) is 0 Å². The number of hydrogen-bond donors (Lipinski definition) is 1. The standard InChI is InChI=1S/C15H15ClN2O3/c16-12-3-1-11(2-4-12)14-13(9-21-17-14)15(20)18-6-5-10(7-18)8-19/h1-4,9-10,19H,5-8H2. The van der Waals surface area contributed by atoms with Crippen LogP contribution in [0.5, 0.6) is 0 Å². The lowest BCUT2D eigenvalue weighted by atomic mass is 10.1. The molecule has 1 aliphatic heterocycles. The lowest BCUT2D eigenvalue weighted by molar-refractivity contribution is 0.0782. The molecule has 1 aromatic heterocycles. The predicted molar refractivity (Wildman–Crippen MR) is 78.0 cm³/mol. The van der Waals surface area contributed by atoms with Crippen molar-refractivity contribution in [3.05, 3.63) is 41.1 Å². The van der Waals surface area contributed by atoms with Crippen molar-refractivity contribution in [3.8, 4) is 11.3 Å². The van der Waals surface area contributed by atoms with Crippen LogP contribution in [0.4, 0.5) is 0 Å². The molecule has 5 nitrogen and oxygen atoms in total. The molecule has 0 radical (unpaired) electrons. The predicted octanol–water partition coefficient (Wildman–Crippen LogP) is 2.45. The molecule has 3 rings (SSSR count). The van der Waals surface area contributed by atoms with Crippen molar-refractivity contribution in [3.63, 3.8) is 0 Å². The van der Waals surface area contributed by atoms with Gasteiger partial charge in [-0.15, -0.1) is 0 Å². The Morgan fingerprint density at radius 2 is 2.19 bits per heavy atom. The summed E-state index contributed by atoms with van der Waals surface area (Å²) in [6.45, 7) is 1.33. The summed E-state index contributed by atoms with van der Waals surface area (Å²) in [7, 11) is 0. The Hall–Kier alpha value is -1.85. The van der Waals surface area contributed by atoms with Gasteiger partial charge in [-0.05, 0) is 18.6 Å². The van der Waals surface area contributed by atoms with Gasteiger partial charge < -0.3 is 14.5 Å². The number of nitrogens with zero attached hydrogens (tertiary/aromatic N) is 2. The van der Waals surface area contributed by atoms with Crippen LogP contribution in [0, 0.1) is 5.92 Å². The number of amides is 1. The Labute approximate surface area is 127 Å². The number of hydrogen-bond acceptors (Lipinski definition) is 4. The number of aliphatic hydroxyl groups excluding tert-OH is 1. The van der Waals surface area contributed by atoms with Crippen LogP contribution >= 0.6 is 11.6 Å². The number of benzene rings is 1. The van der Waals surface area contributed by atoms with E-state index < -0.39 is 0 Å². The first-order valence-corrected chi connectivity index (χ1v) is 7.17. The lowest BCUT2D eigenvalue weighted by Crippen LogP contribution is -2.29. The van der Waals surface area contributed by atoms with Crippen LogP contribution in [0.1, 0.15) is 16.8 Å². The molecule has 6 heteroatoms. The largest absolute Gasteiger partial charge is 0.396 e. The fourth-order valence-electron chi connectivity index (χ4n) is 2.54. The van der Waals surface area contributed by atoms with E-state index in [1.807, 2.05) is 0 Å². The van der Waals surface area contributed by atoms with Gasteiger partial charge in [0.2, 0.25) is 0 Å². The molecule has 1 fully saturated rings. The molecule has 0 spiro atoms. The van der Waals surface area contributed by atoms with Crippen molar-refractivity contribution in [2.24, 2.45) is 5.92 Å². The summed E-state index contributed by atoms with van der Waals surface area (Å²) in [5, 5.41) is 13.7. The molecule has 1 unspecified atom stereocenters. The first-order valence-electron chi connectivity index (χ1n) is 6.79. The topological polar surface area (TPSA) is 66.6 Å². The van der Waals surface area contributed by atoms with Crippen LogP contribution in [0.15, 0.2) is 35.1 Å². The minimum absolute atomic E-state index is 0.109. The summed E-state index contributed by atoms with van der Waals surface area (Å²) in [4.78, 5) is 14.3. The molecule has 2 heterocycles. The molecule has 0 bridgehead atoms. The number of aromatic nitrogens is 1. The first kappa shape index (κ1) is 14.1. The van der Waals surface area contributed by atoms with E-state index in [1.54, 1.807) is 29.2 Å². The van der Waals surface area contributed by atoms with E-state index in [9.17, 15) is 9.90 Å². The van der Waals surface area contributed by atoms with Gasteiger partial charge in [0.25, 0.3) is 5.91 Å². The third-order valence-electron chi connectivity index (χ3n) is 3.75. The van der Waals surface area contributed by atoms with Crippen LogP contribution in [0.25, 0.3) is 11.3 Å². The van der Waals surface area contributed by atoms with Crippen LogP contribution in [-0.4, -0.2) is 40.8 Å². The van der Waals surface area contributed by atoms with Crippen LogP contribution in [0.3, 0.4) is 0 Å². The molecule has 1 atom stereocenters. The van der Waals surface area contributed by atoms with Crippen molar-refractivity contribution in [1.29, 1.82) is 0 Å². The normalized spacial score (nSPS) is 18.2. The average molecular weight is 307 g/mol. The third kappa shape index (κ3) is 2.80. The van der Waals surface area contributed by atoms with E-state index in [0.717, 1.165) is 12.0 Å². The molecular formula is C15H15ClN2O3. The summed E-state index contributed by atoms with van der Waals surface area (Å²) < 4.78 is 4.98. The summed E-state index contributed by atoms with van der Waals surface area (Å²) in [5.41, 5.74) is 1.74. The molecule has 1 aromatic carbocycles. The Morgan fingerprint density at radius 3 is 2.86 bits per heavy atom. The number of likely N-dealkylation sites (tertiary alicyclic amines) is 1. The number of aliphatic hydroxyl groups is 1. The monoisotopic (exact) mass is 306 g/mol. The average Bonchev–Trinajstić information content (AvgIpc) is 3.16. The highest BCUT2D eigenvalue weighted by atomic mass is 35.5. The highest BCUT2D eigenvalue weighted by Crippen LogP contribution is 2.26. The Kier molecular flexibility index (Phi) is 3.94. The van der Waals surface area contributed by atoms with Gasteiger partial charge in [0.15, 0.2) is 0 Å². The zero-order valence-electron chi connectivity index (χ0n) is 11.3. The maximum absolute atomic E-state index is 12.5. The molecule has 110 valence electrons. The van der Waals surface area contributed by atoms with Gasteiger partial charge in [0.05, 0.1) is 0 Å². The summed E-state index contributed by atoms with van der Waals surface area (Å²) in [6.07, 6.45) is 2.20. The number of carbonyl (C=O) groups is 1. The Balaban J connectivity index is 1.85. The van der Waals surface area contributed by atoms with Gasteiger partial charge in [-0.3, -0.25) is 4.79 Å². The SMILES string of the molecule is O=C(c1conc1-c1ccc(Cl)cc1)N1CCC(CO)C1. The van der Waals surface area contributed by atoms with Crippen LogP contribution in [-0.2, 0) is 0 Å². The quantitative estimate of drug-likeness (QED) is 0.946. The van der Waals surface area contributed by atoms with E-state index in [1.165, 1.54) is 6.26 Å². The maximum atomic E-state index is 12.5. The zero-order valence-corrected chi connectivity index (χ0v) is 12.1. The second-order valence-electron chi connectivity index (χ2n) is 5.17. The van der Waals surface area contributed by atoms with Crippen LogP contribution < -0.4 is 0 Å². The summed E-state index contributed by atoms with van der Waals surface area (Å²) in [5.74, 6) is 0.0462. The number of halogens is 1. The van der Waals surface area contributed by atoms with Crippen molar-refractivity contribution in [1.82, 2.24) is 10.1 Å². The van der Waals surface area contributed by atoms with Gasteiger partial charge in [-0.1, -0.05) is 28.9 Å². The van der Waals surface area contributed by atoms with E-state index >= 15 is 0 Å². The maximum Gasteiger partial charge on any atom is 0.259 e. The van der Waals surface area contributed by atoms with E-state index in [2.05, 4.69) is 5.16 Å². The smallest absolute Gasteiger partial charge is 0.259 e. The molecule has 0 aliphatic carbocycles. The van der Waals surface area contributed by atoms with E-state index in [4.69, 9.17) is 16.1 Å². The Morgan fingerprint density at radius 1 is 1.43 bits per heavy atom. The molecule has 2 aromatic rings. The van der Waals surface area contributed by atoms with Crippen molar-refractivity contribution in [2.75, 3.05) is 19.7 Å². The molecule has 1 amide bonds. The van der Waals surface area contributed by atoms with Gasteiger partial charge in [0, 0.05) is 36.2 Å². The van der Waals surface area contributed by atoms with Gasteiger partial charge in [-0.2, -0.15) is 0 Å². The van der Waals surface area contributed by atoms with Crippen LogP contribution in [0.2, 0.25) is 5.02 Å². The minimum atomic E-state index is -0.114. The second kappa shape index (κ2) is 5.87. The lowest BCUT2D eigenvalue weighted by Gasteiger charge is -2.15. The van der Waals surface area contributed by atoms with E-state index in [-0.39, 0.29) is 18.4 Å². The molecule has 0 saturated carbocycles. The fourth-order valence-corrected chi connectivity index (χ4v) is 2.67. The van der Waals surface area contributed by atoms with Crippen molar-refractivity contribution in [2.45, 2.75) is 6.42 Å². The van der Waals surface area contributed by atoms with E-state index in [0.29, 0.717) is 29.4 Å². The zero-order chi connectivity index (χ0) is 14.8. The van der Waals surface area contributed by atoms with Gasteiger partial charge in [0.1, 0.15) is 17.5 Å². The first-order chi connectivity index (χ1) is 10.2. The summed E-state index contributed by atoms with van der Waals surface area (Å²) in [6, 6.07) is 7.10. The highest BCUT2D eigenvalue weighted by molar-refractivity contribution is 6.30. The molecule has 1 saturated heterocycles. The molecule has 1 N–H and O–H groups in total. The summed E-state index contributed by atoms with van der Waals surface area (Å²) >= 11 is 5.87. The van der Waals surface area contributed by atoms with Gasteiger partial charge >= 0.3 is 0 Å². The molecule has 21 heavy (non-hydrogen) atoms.